The lowest BCUT2D eigenvalue weighted by Gasteiger charge is -2.46. The van der Waals surface area contributed by atoms with Crippen LogP contribution in [0.15, 0.2) is 237 Å². The van der Waals surface area contributed by atoms with E-state index in [2.05, 4.69) is 274 Å². The van der Waals surface area contributed by atoms with Gasteiger partial charge in [0.25, 0.3) is 0 Å². The van der Waals surface area contributed by atoms with Crippen molar-refractivity contribution in [1.29, 1.82) is 0 Å². The molecular formula is C62H53N2. The first-order chi connectivity index (χ1) is 31.4. The quantitative estimate of drug-likeness (QED) is 0.128. The molecule has 64 heavy (non-hydrogen) atoms. The maximum atomic E-state index is 2.73. The molecule has 1 aliphatic rings. The molecule has 1 heterocycles. The molecule has 0 saturated heterocycles. The number of rotatable bonds is 11. The first-order valence-corrected chi connectivity index (χ1v) is 22.7. The molecule has 1 radical (unpaired) electrons. The molecule has 0 fully saturated rings. The minimum atomic E-state index is -0.658. The Morgan fingerprint density at radius 1 is 0.344 bits per heavy atom. The normalized spacial score (nSPS) is 13.3. The fourth-order valence-electron chi connectivity index (χ4n) is 9.93. The van der Waals surface area contributed by atoms with E-state index in [0.29, 0.717) is 11.8 Å². The third-order valence-electron chi connectivity index (χ3n) is 12.9. The highest BCUT2D eigenvalue weighted by Gasteiger charge is 2.54. The Morgan fingerprint density at radius 3 is 1.12 bits per heavy atom. The first-order valence-electron chi connectivity index (χ1n) is 22.7. The van der Waals surface area contributed by atoms with Crippen LogP contribution in [0.3, 0.4) is 0 Å². The molecule has 0 spiro atoms. The Balaban J connectivity index is 1.17. The minimum absolute atomic E-state index is 0.292. The van der Waals surface area contributed by atoms with Gasteiger partial charge in [0.1, 0.15) is 11.6 Å². The Bertz CT molecular complexity index is 2810. The van der Waals surface area contributed by atoms with Gasteiger partial charge < -0.3 is 9.80 Å². The number of fused-ring (bicyclic) bond motifs is 1. The summed E-state index contributed by atoms with van der Waals surface area (Å²) in [4.78, 5) is 5.10. The predicted octanol–water partition coefficient (Wildman–Crippen LogP) is 16.5. The van der Waals surface area contributed by atoms with E-state index in [1.807, 2.05) is 0 Å². The molecule has 2 nitrogen and oxygen atoms in total. The van der Waals surface area contributed by atoms with Gasteiger partial charge in [0, 0.05) is 22.7 Å². The lowest BCUT2D eigenvalue weighted by Crippen LogP contribution is -2.46. The molecule has 0 aromatic heterocycles. The van der Waals surface area contributed by atoms with Crippen LogP contribution in [-0.4, -0.2) is 0 Å². The zero-order chi connectivity index (χ0) is 43.6. The Hall–Kier alpha value is -7.42. The van der Waals surface area contributed by atoms with Gasteiger partial charge in [-0.2, -0.15) is 0 Å². The molecular weight excluding hydrogens is 773 g/mol. The first kappa shape index (κ1) is 40.6. The number of anilines is 4. The molecule has 0 atom stereocenters. The molecule has 2 heteroatoms. The van der Waals surface area contributed by atoms with Crippen LogP contribution in [0.1, 0.15) is 78.5 Å². The summed E-state index contributed by atoms with van der Waals surface area (Å²) in [6.07, 6.45) is 0. The molecule has 311 valence electrons. The van der Waals surface area contributed by atoms with Crippen molar-refractivity contribution in [2.24, 2.45) is 0 Å². The standard InChI is InChI=1S/C62H53N2/c1-44(2)56-29-19-30-57(45(3)4)61(56)64-60(58-28-17-18-31-59(58)62(64,51-24-13-7-14-25-51)52-26-15-8-16-27-52)50-36-42-55(43-37-50)63(53-38-32-48(33-39-53)46-20-9-5-10-21-46)54-40-34-49(35-41-54)47-22-11-6-12-23-47/h5-45H,1-4H3. The van der Waals surface area contributed by atoms with E-state index in [9.17, 15) is 0 Å². The van der Waals surface area contributed by atoms with Crippen molar-refractivity contribution in [1.82, 2.24) is 0 Å². The molecule has 0 bridgehead atoms. The van der Waals surface area contributed by atoms with Gasteiger partial charge >= 0.3 is 0 Å². The summed E-state index contributed by atoms with van der Waals surface area (Å²) in [5.74, 6) is 0.584. The zero-order valence-corrected chi connectivity index (χ0v) is 37.1. The largest absolute Gasteiger partial charge is 0.336 e. The van der Waals surface area contributed by atoms with Crippen molar-refractivity contribution in [2.75, 3.05) is 9.80 Å². The molecule has 9 aromatic carbocycles. The maximum Gasteiger partial charge on any atom is 0.124 e. The van der Waals surface area contributed by atoms with Crippen LogP contribution in [0.5, 0.6) is 0 Å². The number of benzene rings is 9. The second kappa shape index (κ2) is 17.4. The summed E-state index contributed by atoms with van der Waals surface area (Å²) in [5, 5.41) is 0. The minimum Gasteiger partial charge on any atom is -0.336 e. The molecule has 9 aromatic rings. The van der Waals surface area contributed by atoms with E-state index < -0.39 is 5.54 Å². The van der Waals surface area contributed by atoms with Crippen LogP contribution >= 0.6 is 0 Å². The Kier molecular flexibility index (Phi) is 11.0. The molecule has 10 rings (SSSR count). The SMILES string of the molecule is CC(C)c1cccc(C(C)C)c1N1[C](c2ccc(N(c3ccc(-c4ccccc4)cc3)c3ccc(-c4ccccc4)cc3)cc2)c2ccccc2C1(c1ccccc1)c1ccccc1. The van der Waals surface area contributed by atoms with Crippen LogP contribution in [0.2, 0.25) is 0 Å². The van der Waals surface area contributed by atoms with Gasteiger partial charge in [-0.25, -0.2) is 0 Å². The molecule has 0 saturated carbocycles. The molecule has 0 aliphatic carbocycles. The summed E-state index contributed by atoms with van der Waals surface area (Å²) < 4.78 is 0. The van der Waals surface area contributed by atoms with E-state index >= 15 is 0 Å². The van der Waals surface area contributed by atoms with Crippen LogP contribution in [0.25, 0.3) is 22.3 Å². The third kappa shape index (κ3) is 7.19. The summed E-state index contributed by atoms with van der Waals surface area (Å²) in [7, 11) is 0. The van der Waals surface area contributed by atoms with Gasteiger partial charge in [0.2, 0.25) is 0 Å². The van der Waals surface area contributed by atoms with Crippen LogP contribution < -0.4 is 9.80 Å². The van der Waals surface area contributed by atoms with Crippen molar-refractivity contribution in [3.8, 4) is 22.3 Å². The van der Waals surface area contributed by atoms with E-state index in [-0.39, 0.29) is 0 Å². The Morgan fingerprint density at radius 2 is 0.703 bits per heavy atom. The summed E-state index contributed by atoms with van der Waals surface area (Å²) in [6.45, 7) is 9.34. The summed E-state index contributed by atoms with van der Waals surface area (Å²) in [6, 6.07) is 88.0. The maximum absolute atomic E-state index is 2.73. The van der Waals surface area contributed by atoms with E-state index in [1.54, 1.807) is 0 Å². The Labute approximate surface area is 379 Å². The van der Waals surface area contributed by atoms with Gasteiger partial charge in [0.15, 0.2) is 0 Å². The van der Waals surface area contributed by atoms with E-state index in [1.165, 1.54) is 67.4 Å². The lowest BCUT2D eigenvalue weighted by atomic mass is 9.76. The lowest BCUT2D eigenvalue weighted by molar-refractivity contribution is 0.613. The number of hydrogen-bond donors (Lipinski definition) is 0. The monoisotopic (exact) mass is 825 g/mol. The van der Waals surface area contributed by atoms with Crippen LogP contribution in [0, 0.1) is 6.04 Å². The van der Waals surface area contributed by atoms with Crippen LogP contribution in [0.4, 0.5) is 22.7 Å². The van der Waals surface area contributed by atoms with E-state index in [4.69, 9.17) is 0 Å². The predicted molar refractivity (Wildman–Crippen MR) is 270 cm³/mol. The number of hydrogen-bond acceptors (Lipinski definition) is 2. The summed E-state index contributed by atoms with van der Waals surface area (Å²) in [5.41, 5.74) is 17.5. The van der Waals surface area contributed by atoms with Crippen molar-refractivity contribution in [3.05, 3.63) is 282 Å². The molecule has 0 N–H and O–H groups in total. The average Bonchev–Trinajstić information content (AvgIpc) is 3.67. The zero-order valence-electron chi connectivity index (χ0n) is 37.1. The third-order valence-corrected chi connectivity index (χ3v) is 12.9. The van der Waals surface area contributed by atoms with Gasteiger partial charge in [-0.3, -0.25) is 0 Å². The fraction of sp³-hybridized carbons (Fsp3) is 0.113. The van der Waals surface area contributed by atoms with Crippen molar-refractivity contribution in [3.63, 3.8) is 0 Å². The van der Waals surface area contributed by atoms with Gasteiger partial charge in [-0.05, 0) is 109 Å². The van der Waals surface area contributed by atoms with Crippen molar-refractivity contribution >= 4 is 22.7 Å². The van der Waals surface area contributed by atoms with Gasteiger partial charge in [-0.15, -0.1) is 0 Å². The number of para-hydroxylation sites is 1. The molecule has 0 unspecified atom stereocenters. The van der Waals surface area contributed by atoms with Crippen LogP contribution in [-0.2, 0) is 5.54 Å². The number of nitrogens with zero attached hydrogens (tertiary/aromatic N) is 2. The van der Waals surface area contributed by atoms with Crippen molar-refractivity contribution < 1.29 is 0 Å². The molecule has 0 amide bonds. The second-order valence-electron chi connectivity index (χ2n) is 17.5. The van der Waals surface area contributed by atoms with Crippen molar-refractivity contribution in [2.45, 2.75) is 45.1 Å². The smallest absolute Gasteiger partial charge is 0.124 e. The average molecular weight is 826 g/mol. The highest BCUT2D eigenvalue weighted by Crippen LogP contribution is 2.59. The fourth-order valence-corrected chi connectivity index (χ4v) is 9.93. The van der Waals surface area contributed by atoms with E-state index in [0.717, 1.165) is 22.6 Å². The molecule has 1 aliphatic heterocycles. The van der Waals surface area contributed by atoms with Gasteiger partial charge in [0.05, 0.1) is 0 Å². The highest BCUT2D eigenvalue weighted by molar-refractivity contribution is 5.84. The summed E-state index contributed by atoms with van der Waals surface area (Å²) >= 11 is 0. The second-order valence-corrected chi connectivity index (χ2v) is 17.5. The topological polar surface area (TPSA) is 6.48 Å². The van der Waals surface area contributed by atoms with Gasteiger partial charge in [-0.1, -0.05) is 228 Å². The highest BCUT2D eigenvalue weighted by atomic mass is 15.3.